The summed E-state index contributed by atoms with van der Waals surface area (Å²) in [5.41, 5.74) is 3.16. The molecule has 0 aromatic heterocycles. The Labute approximate surface area is 176 Å². The van der Waals surface area contributed by atoms with Gasteiger partial charge in [0.15, 0.2) is 11.5 Å². The summed E-state index contributed by atoms with van der Waals surface area (Å²) in [4.78, 5) is 26.7. The number of Topliss-reactive ketones (excluding diaryl/α,β-unsaturated/α-hetero) is 1. The zero-order valence-corrected chi connectivity index (χ0v) is 17.4. The van der Waals surface area contributed by atoms with Gasteiger partial charge < -0.3 is 15.2 Å². The molecule has 0 radical (unpaired) electrons. The van der Waals surface area contributed by atoms with E-state index in [9.17, 15) is 14.7 Å². The normalized spacial score (nSPS) is 16.0. The van der Waals surface area contributed by atoms with Gasteiger partial charge in [-0.05, 0) is 67.9 Å². The van der Waals surface area contributed by atoms with Crippen LogP contribution in [0.1, 0.15) is 37.4 Å². The molecule has 6 nitrogen and oxygen atoms in total. The molecule has 156 valence electrons. The fraction of sp³-hybridized carbons (Fsp3) is 0.250. The van der Waals surface area contributed by atoms with E-state index in [0.717, 1.165) is 17.7 Å². The van der Waals surface area contributed by atoms with Crippen LogP contribution in [-0.4, -0.2) is 23.4 Å². The van der Waals surface area contributed by atoms with Crippen LogP contribution in [0.4, 0.5) is 11.4 Å². The van der Waals surface area contributed by atoms with Gasteiger partial charge in [-0.25, -0.2) is 0 Å². The van der Waals surface area contributed by atoms with E-state index < -0.39 is 17.7 Å². The summed E-state index contributed by atoms with van der Waals surface area (Å²) in [7, 11) is 0. The van der Waals surface area contributed by atoms with Crippen LogP contribution in [0.15, 0.2) is 66.6 Å². The molecule has 0 bridgehead atoms. The van der Waals surface area contributed by atoms with E-state index in [1.165, 1.54) is 11.8 Å². The number of carbonyl (C=O) groups excluding carboxylic acids is 2. The second kappa shape index (κ2) is 8.86. The molecule has 0 fully saturated rings. The van der Waals surface area contributed by atoms with Crippen molar-refractivity contribution in [1.82, 2.24) is 0 Å². The number of aryl methyl sites for hydroxylation is 1. The van der Waals surface area contributed by atoms with Gasteiger partial charge in [0.1, 0.15) is 5.75 Å². The highest BCUT2D eigenvalue weighted by atomic mass is 16.5. The Balaban J connectivity index is 2.05. The third-order valence-corrected chi connectivity index (χ3v) is 5.00. The van der Waals surface area contributed by atoms with E-state index in [4.69, 9.17) is 4.74 Å². The van der Waals surface area contributed by atoms with Crippen molar-refractivity contribution in [2.75, 3.05) is 16.8 Å². The molecule has 6 heteroatoms. The standard InChI is InChI=1S/C24H26N2O4/c1-5-13-30-19-10-7-17(8-11-19)22-21(16(4)27)23(28)24(29)26(22)18-9-12-20(25-6-2)15(3)14-18/h6-12,14,22,25,28H,2,5,13H2,1,3-4H3. The predicted molar refractivity (Wildman–Crippen MR) is 118 cm³/mol. The number of benzene rings is 2. The number of amides is 1. The first-order valence-corrected chi connectivity index (χ1v) is 9.87. The molecular weight excluding hydrogens is 380 g/mol. The minimum absolute atomic E-state index is 0.0909. The van der Waals surface area contributed by atoms with Crippen LogP contribution in [-0.2, 0) is 9.59 Å². The van der Waals surface area contributed by atoms with Gasteiger partial charge in [-0.2, -0.15) is 0 Å². The van der Waals surface area contributed by atoms with Crippen molar-refractivity contribution in [3.63, 3.8) is 0 Å². The number of aliphatic hydroxyl groups excluding tert-OH is 1. The Bertz CT molecular complexity index is 1010. The molecule has 1 aliphatic heterocycles. The molecule has 1 unspecified atom stereocenters. The summed E-state index contributed by atoms with van der Waals surface area (Å²) in [6.45, 7) is 9.56. The molecule has 2 aromatic carbocycles. The lowest BCUT2D eigenvalue weighted by Gasteiger charge is -2.27. The molecule has 2 N–H and O–H groups in total. The van der Waals surface area contributed by atoms with Crippen molar-refractivity contribution < 1.29 is 19.4 Å². The van der Waals surface area contributed by atoms with Crippen LogP contribution in [0.2, 0.25) is 0 Å². The number of hydrogen-bond donors (Lipinski definition) is 2. The summed E-state index contributed by atoms with van der Waals surface area (Å²) in [5, 5.41) is 13.5. The van der Waals surface area contributed by atoms with E-state index in [1.807, 2.05) is 50.2 Å². The summed E-state index contributed by atoms with van der Waals surface area (Å²) < 4.78 is 5.63. The number of ether oxygens (including phenoxy) is 1. The molecule has 1 heterocycles. The number of hydrogen-bond acceptors (Lipinski definition) is 5. The number of anilines is 2. The first-order chi connectivity index (χ1) is 14.4. The van der Waals surface area contributed by atoms with Crippen molar-refractivity contribution in [2.45, 2.75) is 33.2 Å². The van der Waals surface area contributed by atoms with Gasteiger partial charge in [0, 0.05) is 11.4 Å². The van der Waals surface area contributed by atoms with Gasteiger partial charge in [-0.3, -0.25) is 14.5 Å². The average Bonchev–Trinajstić information content (AvgIpc) is 2.99. The molecule has 0 aliphatic carbocycles. The molecule has 2 aromatic rings. The lowest BCUT2D eigenvalue weighted by Crippen LogP contribution is -2.30. The maximum atomic E-state index is 12.9. The van der Waals surface area contributed by atoms with Crippen LogP contribution >= 0.6 is 0 Å². The largest absolute Gasteiger partial charge is 0.503 e. The molecule has 3 rings (SSSR count). The first-order valence-electron chi connectivity index (χ1n) is 9.87. The lowest BCUT2D eigenvalue weighted by atomic mass is 9.96. The van der Waals surface area contributed by atoms with E-state index in [0.29, 0.717) is 23.6 Å². The van der Waals surface area contributed by atoms with E-state index in [1.54, 1.807) is 12.3 Å². The second-order valence-electron chi connectivity index (χ2n) is 7.16. The Morgan fingerprint density at radius 1 is 1.27 bits per heavy atom. The fourth-order valence-corrected chi connectivity index (χ4v) is 3.58. The molecule has 0 saturated heterocycles. The molecule has 1 aliphatic rings. The fourth-order valence-electron chi connectivity index (χ4n) is 3.58. The Hall–Kier alpha value is -3.54. The second-order valence-corrected chi connectivity index (χ2v) is 7.16. The van der Waals surface area contributed by atoms with Crippen LogP contribution in [0.3, 0.4) is 0 Å². The molecule has 30 heavy (non-hydrogen) atoms. The van der Waals surface area contributed by atoms with Gasteiger partial charge in [0.05, 0.1) is 18.2 Å². The van der Waals surface area contributed by atoms with E-state index in [2.05, 4.69) is 11.9 Å². The number of nitrogens with one attached hydrogen (secondary N) is 1. The zero-order chi connectivity index (χ0) is 21.8. The van der Waals surface area contributed by atoms with Crippen LogP contribution in [0.25, 0.3) is 0 Å². The Morgan fingerprint density at radius 3 is 2.53 bits per heavy atom. The highest BCUT2D eigenvalue weighted by Crippen LogP contribution is 2.42. The molecular formula is C24H26N2O4. The van der Waals surface area contributed by atoms with Gasteiger partial charge >= 0.3 is 0 Å². The van der Waals surface area contributed by atoms with Crippen molar-refractivity contribution in [3.8, 4) is 5.75 Å². The van der Waals surface area contributed by atoms with Gasteiger partial charge in [-0.1, -0.05) is 25.6 Å². The summed E-state index contributed by atoms with van der Waals surface area (Å²) in [6, 6.07) is 12.0. The third kappa shape index (κ3) is 3.94. The highest BCUT2D eigenvalue weighted by molar-refractivity contribution is 6.16. The van der Waals surface area contributed by atoms with E-state index >= 15 is 0 Å². The average molecular weight is 406 g/mol. The summed E-state index contributed by atoms with van der Waals surface area (Å²) >= 11 is 0. The highest BCUT2D eigenvalue weighted by Gasteiger charge is 2.43. The van der Waals surface area contributed by atoms with E-state index in [-0.39, 0.29) is 11.4 Å². The van der Waals surface area contributed by atoms with Crippen molar-refractivity contribution in [3.05, 3.63) is 77.7 Å². The van der Waals surface area contributed by atoms with Gasteiger partial charge in [0.25, 0.3) is 5.91 Å². The maximum absolute atomic E-state index is 12.9. The van der Waals surface area contributed by atoms with Gasteiger partial charge in [-0.15, -0.1) is 0 Å². The quantitative estimate of drug-likeness (QED) is 0.657. The summed E-state index contributed by atoms with van der Waals surface area (Å²) in [5.74, 6) is -0.740. The summed E-state index contributed by atoms with van der Waals surface area (Å²) in [6.07, 6.45) is 2.48. The minimum Gasteiger partial charge on any atom is -0.503 e. The molecule has 0 saturated carbocycles. The Morgan fingerprint density at radius 2 is 1.97 bits per heavy atom. The minimum atomic E-state index is -0.715. The number of rotatable bonds is 8. The molecule has 1 atom stereocenters. The monoisotopic (exact) mass is 406 g/mol. The van der Waals surface area contributed by atoms with Crippen LogP contribution in [0, 0.1) is 6.92 Å². The van der Waals surface area contributed by atoms with Crippen molar-refractivity contribution in [2.24, 2.45) is 0 Å². The predicted octanol–water partition coefficient (Wildman–Crippen LogP) is 4.83. The Kier molecular flexibility index (Phi) is 6.26. The lowest BCUT2D eigenvalue weighted by molar-refractivity contribution is -0.117. The topological polar surface area (TPSA) is 78.9 Å². The van der Waals surface area contributed by atoms with Crippen molar-refractivity contribution in [1.29, 1.82) is 0 Å². The maximum Gasteiger partial charge on any atom is 0.294 e. The molecule has 0 spiro atoms. The number of ketones is 1. The zero-order valence-electron chi connectivity index (χ0n) is 17.4. The smallest absolute Gasteiger partial charge is 0.294 e. The molecule has 1 amide bonds. The SMILES string of the molecule is C=CNc1ccc(N2C(=O)C(O)=C(C(C)=O)C2c2ccc(OCCC)cc2)cc1C. The van der Waals surface area contributed by atoms with Crippen LogP contribution in [0.5, 0.6) is 5.75 Å². The number of carbonyl (C=O) groups is 2. The first kappa shape index (κ1) is 21.2. The number of nitrogens with zero attached hydrogens (tertiary/aromatic N) is 1. The third-order valence-electron chi connectivity index (χ3n) is 5.00. The van der Waals surface area contributed by atoms with Crippen LogP contribution < -0.4 is 15.0 Å². The van der Waals surface area contributed by atoms with Gasteiger partial charge in [0.2, 0.25) is 0 Å². The van der Waals surface area contributed by atoms with Crippen molar-refractivity contribution >= 4 is 23.1 Å². The number of aliphatic hydroxyl groups is 1.